The summed E-state index contributed by atoms with van der Waals surface area (Å²) in [4.78, 5) is 28.7. The number of hydrogen-bond acceptors (Lipinski definition) is 10. The maximum absolute atomic E-state index is 12.5. The summed E-state index contributed by atoms with van der Waals surface area (Å²) in [6.45, 7) is 0. The zero-order valence-electron chi connectivity index (χ0n) is 18.0. The van der Waals surface area contributed by atoms with Crippen LogP contribution in [0.5, 0.6) is 0 Å². The van der Waals surface area contributed by atoms with Gasteiger partial charge in [0.25, 0.3) is 10.0 Å². The first-order valence-corrected chi connectivity index (χ1v) is 12.6. The number of rotatable bonds is 9. The van der Waals surface area contributed by atoms with E-state index < -0.39 is 10.0 Å². The maximum Gasteiger partial charge on any atom is 0.264 e. The molecule has 4 aromatic rings. The number of sulfonamides is 1. The molecular formula is C23H17N7O3S2. The number of aromatic nitrogens is 4. The average Bonchev–Trinajstić information content (AvgIpc) is 2.88. The molecule has 0 spiro atoms. The van der Waals surface area contributed by atoms with E-state index in [4.69, 9.17) is 5.26 Å². The zero-order chi connectivity index (χ0) is 24.7. The predicted molar refractivity (Wildman–Crippen MR) is 131 cm³/mol. The van der Waals surface area contributed by atoms with Gasteiger partial charge in [-0.15, -0.1) is 0 Å². The molecule has 10 nitrogen and oxygen atoms in total. The Morgan fingerprint density at radius 2 is 1.66 bits per heavy atom. The zero-order valence-corrected chi connectivity index (χ0v) is 19.6. The summed E-state index contributed by atoms with van der Waals surface area (Å²) < 4.78 is 27.3. The van der Waals surface area contributed by atoms with Crippen molar-refractivity contribution in [3.05, 3.63) is 90.4 Å². The lowest BCUT2D eigenvalue weighted by molar-refractivity contribution is 0.102. The third-order valence-electron chi connectivity index (χ3n) is 4.53. The topological polar surface area (TPSA) is 151 Å². The molecule has 0 aliphatic rings. The molecule has 0 saturated carbocycles. The summed E-state index contributed by atoms with van der Waals surface area (Å²) in [7, 11) is -3.83. The smallest absolute Gasteiger partial charge is 0.264 e. The molecule has 35 heavy (non-hydrogen) atoms. The van der Waals surface area contributed by atoms with Crippen LogP contribution in [-0.4, -0.2) is 39.9 Å². The van der Waals surface area contributed by atoms with E-state index in [1.165, 1.54) is 36.3 Å². The van der Waals surface area contributed by atoms with Crippen LogP contribution in [0.2, 0.25) is 0 Å². The number of Topliss-reactive ketones (excluding diaryl/α,β-unsaturated/α-hetero) is 1. The lowest BCUT2D eigenvalue weighted by atomic mass is 10.1. The van der Waals surface area contributed by atoms with Crippen molar-refractivity contribution in [2.24, 2.45) is 0 Å². The molecule has 12 heteroatoms. The molecule has 0 saturated heterocycles. The van der Waals surface area contributed by atoms with Crippen LogP contribution < -0.4 is 10.0 Å². The number of carbonyl (C=O) groups excluding carboxylic acids is 1. The predicted octanol–water partition coefficient (Wildman–Crippen LogP) is 3.66. The van der Waals surface area contributed by atoms with Crippen LogP contribution in [-0.2, 0) is 10.0 Å². The SMILES string of the molecule is N#Cc1ccc(C(=O)CSc2nccc(Nc3ccc(S(=O)(=O)Nc4ncccn4)cc3)n2)cc1. The van der Waals surface area contributed by atoms with Crippen LogP contribution in [0.15, 0.2) is 89.3 Å². The summed E-state index contributed by atoms with van der Waals surface area (Å²) in [5.74, 6) is 0.505. The first kappa shape index (κ1) is 23.8. The van der Waals surface area contributed by atoms with E-state index in [1.54, 1.807) is 54.7 Å². The van der Waals surface area contributed by atoms with Crippen molar-refractivity contribution in [3.63, 3.8) is 0 Å². The van der Waals surface area contributed by atoms with Gasteiger partial charge in [-0.2, -0.15) is 5.26 Å². The van der Waals surface area contributed by atoms with E-state index in [9.17, 15) is 13.2 Å². The van der Waals surface area contributed by atoms with Gasteiger partial charge in [-0.05, 0) is 48.5 Å². The second-order valence-corrected chi connectivity index (χ2v) is 9.58. The first-order chi connectivity index (χ1) is 16.9. The minimum Gasteiger partial charge on any atom is -0.340 e. The second kappa shape index (κ2) is 10.7. The molecule has 2 heterocycles. The summed E-state index contributed by atoms with van der Waals surface area (Å²) in [5.41, 5.74) is 1.61. The molecule has 2 aromatic carbocycles. The Labute approximate surface area is 205 Å². The molecule has 174 valence electrons. The van der Waals surface area contributed by atoms with Crippen molar-refractivity contribution < 1.29 is 13.2 Å². The van der Waals surface area contributed by atoms with Crippen LogP contribution >= 0.6 is 11.8 Å². The van der Waals surface area contributed by atoms with Crippen LogP contribution in [0.25, 0.3) is 0 Å². The summed E-state index contributed by atoms with van der Waals surface area (Å²) in [6, 6.07) is 17.8. The molecule has 2 N–H and O–H groups in total. The number of benzene rings is 2. The van der Waals surface area contributed by atoms with Gasteiger partial charge in [0.1, 0.15) is 5.82 Å². The highest BCUT2D eigenvalue weighted by molar-refractivity contribution is 7.99. The highest BCUT2D eigenvalue weighted by Crippen LogP contribution is 2.21. The van der Waals surface area contributed by atoms with Crippen molar-refractivity contribution in [2.45, 2.75) is 10.1 Å². The second-order valence-electron chi connectivity index (χ2n) is 6.95. The number of ketones is 1. The monoisotopic (exact) mass is 503 g/mol. The average molecular weight is 504 g/mol. The minimum atomic E-state index is -3.83. The standard InChI is InChI=1S/C23H17N7O3S2/c24-14-16-2-4-17(5-3-16)20(31)15-34-23-27-13-10-21(29-23)28-18-6-8-19(9-7-18)35(32,33)30-22-25-11-1-12-26-22/h1-13H,15H2,(H,25,26,30)(H,27,28,29). The van der Waals surface area contributed by atoms with Crippen LogP contribution in [0.4, 0.5) is 17.5 Å². The van der Waals surface area contributed by atoms with Gasteiger partial charge in [-0.1, -0.05) is 23.9 Å². The molecule has 4 rings (SSSR count). The Kier molecular flexibility index (Phi) is 7.30. The fourth-order valence-corrected chi connectivity index (χ4v) is 4.50. The van der Waals surface area contributed by atoms with Crippen LogP contribution in [0.3, 0.4) is 0 Å². The Morgan fingerprint density at radius 1 is 0.943 bits per heavy atom. The van der Waals surface area contributed by atoms with Gasteiger partial charge in [0.2, 0.25) is 5.95 Å². The molecule has 0 aliphatic heterocycles. The number of thioether (sulfide) groups is 1. The van der Waals surface area contributed by atoms with Gasteiger partial charge in [0, 0.05) is 29.8 Å². The third kappa shape index (κ3) is 6.38. The Balaban J connectivity index is 1.37. The fraction of sp³-hybridized carbons (Fsp3) is 0.0435. The Morgan fingerprint density at radius 3 is 2.34 bits per heavy atom. The van der Waals surface area contributed by atoms with E-state index in [1.807, 2.05) is 6.07 Å². The molecule has 0 fully saturated rings. The quantitative estimate of drug-likeness (QED) is 0.197. The molecule has 0 atom stereocenters. The van der Waals surface area contributed by atoms with E-state index in [2.05, 4.69) is 30.0 Å². The van der Waals surface area contributed by atoms with Gasteiger partial charge >= 0.3 is 0 Å². The lowest BCUT2D eigenvalue weighted by Gasteiger charge is -2.09. The first-order valence-electron chi connectivity index (χ1n) is 10.1. The van der Waals surface area contributed by atoms with E-state index in [0.29, 0.717) is 27.8 Å². The summed E-state index contributed by atoms with van der Waals surface area (Å²) in [6.07, 6.45) is 4.44. The van der Waals surface area contributed by atoms with E-state index >= 15 is 0 Å². The van der Waals surface area contributed by atoms with Crippen LogP contribution in [0.1, 0.15) is 15.9 Å². The van der Waals surface area contributed by atoms with E-state index in [0.717, 1.165) is 0 Å². The number of hydrogen-bond donors (Lipinski definition) is 2. The molecule has 0 amide bonds. The molecule has 0 aliphatic carbocycles. The van der Waals surface area contributed by atoms with E-state index in [-0.39, 0.29) is 22.4 Å². The van der Waals surface area contributed by atoms with Crippen molar-refractivity contribution in [1.29, 1.82) is 5.26 Å². The molecule has 0 radical (unpaired) electrons. The highest BCUT2D eigenvalue weighted by atomic mass is 32.2. The van der Waals surface area contributed by atoms with Crippen molar-refractivity contribution >= 4 is 45.0 Å². The minimum absolute atomic E-state index is 0.0154. The number of carbonyl (C=O) groups is 1. The fourth-order valence-electron chi connectivity index (χ4n) is 2.82. The summed E-state index contributed by atoms with van der Waals surface area (Å²) in [5, 5.41) is 12.3. The van der Waals surface area contributed by atoms with Gasteiger partial charge < -0.3 is 5.32 Å². The van der Waals surface area contributed by atoms with Gasteiger partial charge in [-0.3, -0.25) is 4.79 Å². The van der Waals surface area contributed by atoms with Crippen molar-refractivity contribution in [3.8, 4) is 6.07 Å². The summed E-state index contributed by atoms with van der Waals surface area (Å²) >= 11 is 1.19. The van der Waals surface area contributed by atoms with Gasteiger partial charge in [0.15, 0.2) is 10.9 Å². The molecule has 0 bridgehead atoms. The molecule has 0 unspecified atom stereocenters. The van der Waals surface area contributed by atoms with Gasteiger partial charge in [0.05, 0.1) is 22.3 Å². The number of anilines is 3. The van der Waals surface area contributed by atoms with Crippen molar-refractivity contribution in [2.75, 3.05) is 15.8 Å². The Hall–Kier alpha value is -4.34. The maximum atomic E-state index is 12.5. The highest BCUT2D eigenvalue weighted by Gasteiger charge is 2.15. The van der Waals surface area contributed by atoms with Crippen LogP contribution in [0, 0.1) is 11.3 Å². The third-order valence-corrected chi connectivity index (χ3v) is 6.74. The van der Waals surface area contributed by atoms with Crippen molar-refractivity contribution in [1.82, 2.24) is 19.9 Å². The largest absolute Gasteiger partial charge is 0.340 e. The molecular weight excluding hydrogens is 486 g/mol. The lowest BCUT2D eigenvalue weighted by Crippen LogP contribution is -2.14. The number of nitrogens with one attached hydrogen (secondary N) is 2. The number of nitriles is 1. The van der Waals surface area contributed by atoms with Gasteiger partial charge in [-0.25, -0.2) is 33.1 Å². The number of nitrogens with zero attached hydrogens (tertiary/aromatic N) is 5. The molecule has 2 aromatic heterocycles. The Bertz CT molecular complexity index is 1470. The normalized spacial score (nSPS) is 10.8.